The summed E-state index contributed by atoms with van der Waals surface area (Å²) in [5.41, 5.74) is 4.76. The number of nitrogens with one attached hydrogen (secondary N) is 1. The molecule has 4 heteroatoms. The SMILES string of the molecule is CCc1nc(CN(C)[C@H](C)Cc2cc(C)ccn2)c(C)[nH]1. The van der Waals surface area contributed by atoms with Gasteiger partial charge in [-0.1, -0.05) is 6.92 Å². The van der Waals surface area contributed by atoms with Gasteiger partial charge in [0, 0.05) is 43.0 Å². The zero-order chi connectivity index (χ0) is 15.4. The van der Waals surface area contributed by atoms with Crippen LogP contribution in [0.5, 0.6) is 0 Å². The number of pyridine rings is 1. The molecule has 0 aliphatic carbocycles. The molecule has 2 aromatic rings. The van der Waals surface area contributed by atoms with Crippen LogP contribution in [0.1, 0.15) is 42.3 Å². The minimum Gasteiger partial charge on any atom is -0.346 e. The van der Waals surface area contributed by atoms with Gasteiger partial charge >= 0.3 is 0 Å². The zero-order valence-electron chi connectivity index (χ0n) is 13.8. The van der Waals surface area contributed by atoms with E-state index in [9.17, 15) is 0 Å². The molecular weight excluding hydrogens is 260 g/mol. The maximum absolute atomic E-state index is 4.66. The summed E-state index contributed by atoms with van der Waals surface area (Å²) in [5, 5.41) is 0. The summed E-state index contributed by atoms with van der Waals surface area (Å²) < 4.78 is 0. The van der Waals surface area contributed by atoms with Gasteiger partial charge in [0.1, 0.15) is 5.82 Å². The van der Waals surface area contributed by atoms with E-state index < -0.39 is 0 Å². The van der Waals surface area contributed by atoms with E-state index in [1.807, 2.05) is 12.3 Å². The molecule has 0 bridgehead atoms. The number of aryl methyl sites for hydroxylation is 3. The lowest BCUT2D eigenvalue weighted by molar-refractivity contribution is 0.244. The van der Waals surface area contributed by atoms with Crippen molar-refractivity contribution in [2.75, 3.05) is 7.05 Å². The Hall–Kier alpha value is -1.68. The monoisotopic (exact) mass is 286 g/mol. The number of aromatic amines is 1. The van der Waals surface area contributed by atoms with Crippen molar-refractivity contribution < 1.29 is 0 Å². The fraction of sp³-hybridized carbons (Fsp3) is 0.529. The molecule has 0 unspecified atom stereocenters. The smallest absolute Gasteiger partial charge is 0.106 e. The first-order chi connectivity index (χ1) is 9.99. The summed E-state index contributed by atoms with van der Waals surface area (Å²) in [6.07, 6.45) is 3.80. The molecule has 2 heterocycles. The van der Waals surface area contributed by atoms with E-state index in [1.54, 1.807) is 0 Å². The van der Waals surface area contributed by atoms with Crippen LogP contribution in [0, 0.1) is 13.8 Å². The third kappa shape index (κ3) is 4.14. The molecule has 0 saturated heterocycles. The number of H-pyrrole nitrogens is 1. The lowest BCUT2D eigenvalue weighted by atomic mass is 10.1. The molecular formula is C17H26N4. The van der Waals surface area contributed by atoms with Crippen LogP contribution in [0.25, 0.3) is 0 Å². The van der Waals surface area contributed by atoms with Gasteiger partial charge in [0.25, 0.3) is 0 Å². The second kappa shape index (κ2) is 6.85. The predicted molar refractivity (Wildman–Crippen MR) is 86.3 cm³/mol. The Morgan fingerprint density at radius 2 is 2.10 bits per heavy atom. The van der Waals surface area contributed by atoms with E-state index in [4.69, 9.17) is 0 Å². The van der Waals surface area contributed by atoms with Gasteiger partial charge in [0.2, 0.25) is 0 Å². The number of imidazole rings is 1. The van der Waals surface area contributed by atoms with Gasteiger partial charge in [0.05, 0.1) is 5.69 Å². The minimum atomic E-state index is 0.431. The van der Waals surface area contributed by atoms with E-state index in [-0.39, 0.29) is 0 Å². The van der Waals surface area contributed by atoms with Crippen molar-refractivity contribution in [3.63, 3.8) is 0 Å². The quantitative estimate of drug-likeness (QED) is 0.887. The Kier molecular flexibility index (Phi) is 5.12. The van der Waals surface area contributed by atoms with E-state index >= 15 is 0 Å². The van der Waals surface area contributed by atoms with Gasteiger partial charge in [-0.2, -0.15) is 0 Å². The van der Waals surface area contributed by atoms with Gasteiger partial charge in [-0.05, 0) is 45.5 Å². The van der Waals surface area contributed by atoms with Crippen molar-refractivity contribution in [3.05, 3.63) is 46.8 Å². The standard InChI is InChI=1S/C17H26N4/c1-6-17-19-14(4)16(20-17)11-21(5)13(3)10-15-9-12(2)7-8-18-15/h7-9,13H,6,10-11H2,1-5H3,(H,19,20)/t13-/m1/s1. The number of nitrogens with zero attached hydrogens (tertiary/aromatic N) is 3. The Balaban J connectivity index is 1.98. The topological polar surface area (TPSA) is 44.8 Å². The summed E-state index contributed by atoms with van der Waals surface area (Å²) in [4.78, 5) is 14.8. The average Bonchev–Trinajstić information content (AvgIpc) is 2.79. The van der Waals surface area contributed by atoms with Crippen molar-refractivity contribution in [1.82, 2.24) is 19.9 Å². The predicted octanol–water partition coefficient (Wildman–Crippen LogP) is 3.05. The van der Waals surface area contributed by atoms with Crippen LogP contribution >= 0.6 is 0 Å². The van der Waals surface area contributed by atoms with Crippen LogP contribution in [0.4, 0.5) is 0 Å². The molecule has 0 aliphatic rings. The Bertz CT molecular complexity index is 588. The first-order valence-electron chi connectivity index (χ1n) is 7.65. The highest BCUT2D eigenvalue weighted by molar-refractivity contribution is 5.16. The first-order valence-corrected chi connectivity index (χ1v) is 7.65. The molecule has 21 heavy (non-hydrogen) atoms. The molecule has 0 spiro atoms. The van der Waals surface area contributed by atoms with E-state index in [0.29, 0.717) is 6.04 Å². The Morgan fingerprint density at radius 1 is 1.33 bits per heavy atom. The molecule has 0 aliphatic heterocycles. The number of aromatic nitrogens is 3. The Morgan fingerprint density at radius 3 is 2.71 bits per heavy atom. The van der Waals surface area contributed by atoms with Crippen LogP contribution in [-0.2, 0) is 19.4 Å². The summed E-state index contributed by atoms with van der Waals surface area (Å²) >= 11 is 0. The summed E-state index contributed by atoms with van der Waals surface area (Å²) in [6, 6.07) is 4.64. The maximum Gasteiger partial charge on any atom is 0.106 e. The summed E-state index contributed by atoms with van der Waals surface area (Å²) in [7, 11) is 2.15. The highest BCUT2D eigenvalue weighted by Gasteiger charge is 2.14. The fourth-order valence-corrected chi connectivity index (χ4v) is 2.45. The summed E-state index contributed by atoms with van der Waals surface area (Å²) in [5.74, 6) is 1.07. The summed E-state index contributed by atoms with van der Waals surface area (Å²) in [6.45, 7) is 9.45. The molecule has 2 aromatic heterocycles. The number of rotatable bonds is 6. The van der Waals surface area contributed by atoms with Crippen LogP contribution in [0.15, 0.2) is 18.3 Å². The van der Waals surface area contributed by atoms with E-state index in [2.05, 4.69) is 60.7 Å². The van der Waals surface area contributed by atoms with Crippen molar-refractivity contribution in [1.29, 1.82) is 0 Å². The van der Waals surface area contributed by atoms with Crippen LogP contribution < -0.4 is 0 Å². The molecule has 114 valence electrons. The van der Waals surface area contributed by atoms with Crippen LogP contribution in [-0.4, -0.2) is 32.9 Å². The lowest BCUT2D eigenvalue weighted by Gasteiger charge is -2.24. The lowest BCUT2D eigenvalue weighted by Crippen LogP contribution is -2.31. The number of hydrogen-bond donors (Lipinski definition) is 1. The normalized spacial score (nSPS) is 12.9. The molecule has 1 N–H and O–H groups in total. The van der Waals surface area contributed by atoms with Crippen LogP contribution in [0.2, 0.25) is 0 Å². The van der Waals surface area contributed by atoms with Crippen LogP contribution in [0.3, 0.4) is 0 Å². The largest absolute Gasteiger partial charge is 0.346 e. The molecule has 0 aromatic carbocycles. The van der Waals surface area contributed by atoms with Crippen molar-refractivity contribution in [2.45, 2.75) is 53.1 Å². The number of likely N-dealkylation sites (N-methyl/N-ethyl adjacent to an activating group) is 1. The molecule has 0 fully saturated rings. The molecule has 4 nitrogen and oxygen atoms in total. The van der Waals surface area contributed by atoms with Gasteiger partial charge < -0.3 is 4.98 Å². The molecule has 0 saturated carbocycles. The third-order valence-electron chi connectivity index (χ3n) is 4.00. The second-order valence-corrected chi connectivity index (χ2v) is 5.90. The highest BCUT2D eigenvalue weighted by atomic mass is 15.1. The minimum absolute atomic E-state index is 0.431. The average molecular weight is 286 g/mol. The van der Waals surface area contributed by atoms with Crippen molar-refractivity contribution in [2.24, 2.45) is 0 Å². The van der Waals surface area contributed by atoms with Gasteiger partial charge in [0.15, 0.2) is 0 Å². The molecule has 1 atom stereocenters. The van der Waals surface area contributed by atoms with E-state index in [1.165, 1.54) is 11.3 Å². The molecule has 0 amide bonds. The maximum atomic E-state index is 4.66. The van der Waals surface area contributed by atoms with E-state index in [0.717, 1.165) is 36.6 Å². The van der Waals surface area contributed by atoms with Gasteiger partial charge in [-0.25, -0.2) is 4.98 Å². The van der Waals surface area contributed by atoms with Gasteiger partial charge in [-0.3, -0.25) is 9.88 Å². The van der Waals surface area contributed by atoms with Crippen molar-refractivity contribution in [3.8, 4) is 0 Å². The van der Waals surface area contributed by atoms with Crippen molar-refractivity contribution >= 4 is 0 Å². The highest BCUT2D eigenvalue weighted by Crippen LogP contribution is 2.12. The molecule has 0 radical (unpaired) electrons. The number of hydrogen-bond acceptors (Lipinski definition) is 3. The van der Waals surface area contributed by atoms with Gasteiger partial charge in [-0.15, -0.1) is 0 Å². The third-order valence-corrected chi connectivity index (χ3v) is 4.00. The first kappa shape index (κ1) is 15.7. The Labute approximate surface area is 127 Å². The second-order valence-electron chi connectivity index (χ2n) is 5.90. The molecule has 2 rings (SSSR count). The zero-order valence-corrected chi connectivity index (χ0v) is 13.8. The fourth-order valence-electron chi connectivity index (χ4n) is 2.45.